The molecule has 1 aromatic rings. The van der Waals surface area contributed by atoms with Gasteiger partial charge in [-0.1, -0.05) is 6.92 Å². The van der Waals surface area contributed by atoms with E-state index in [2.05, 4.69) is 23.8 Å². The molecule has 0 radical (unpaired) electrons. The van der Waals surface area contributed by atoms with Gasteiger partial charge in [0.05, 0.1) is 6.61 Å². The monoisotopic (exact) mass is 238 g/mol. The fourth-order valence-electron chi connectivity index (χ4n) is 1.50. The zero-order chi connectivity index (χ0) is 12.7. The van der Waals surface area contributed by atoms with Gasteiger partial charge in [-0.2, -0.15) is 4.98 Å². The molecule has 0 bridgehead atoms. The first kappa shape index (κ1) is 13.7. The van der Waals surface area contributed by atoms with E-state index in [1.807, 2.05) is 17.9 Å². The largest absolute Gasteiger partial charge is 0.478 e. The van der Waals surface area contributed by atoms with Gasteiger partial charge >= 0.3 is 0 Å². The van der Waals surface area contributed by atoms with Crippen LogP contribution in [0.15, 0.2) is 6.07 Å². The Morgan fingerprint density at radius 1 is 1.35 bits per heavy atom. The lowest BCUT2D eigenvalue weighted by molar-refractivity contribution is 0.304. The summed E-state index contributed by atoms with van der Waals surface area (Å²) in [4.78, 5) is 10.9. The van der Waals surface area contributed by atoms with Crippen LogP contribution in [0.3, 0.4) is 0 Å². The fourth-order valence-corrected chi connectivity index (χ4v) is 1.50. The molecule has 0 saturated carbocycles. The van der Waals surface area contributed by atoms with Gasteiger partial charge in [-0.25, -0.2) is 4.98 Å². The van der Waals surface area contributed by atoms with Crippen molar-refractivity contribution < 1.29 is 4.74 Å². The Morgan fingerprint density at radius 2 is 2.12 bits per heavy atom. The number of hydrogen-bond donors (Lipinski definition) is 1. The second-order valence-corrected chi connectivity index (χ2v) is 3.86. The smallest absolute Gasteiger partial charge is 0.228 e. The third-order valence-electron chi connectivity index (χ3n) is 2.34. The maximum atomic E-state index is 5.57. The van der Waals surface area contributed by atoms with E-state index in [9.17, 15) is 0 Å². The summed E-state index contributed by atoms with van der Waals surface area (Å²) in [5, 5.41) is 0. The first-order chi connectivity index (χ1) is 8.21. The van der Waals surface area contributed by atoms with Crippen LogP contribution >= 0.6 is 0 Å². The molecule has 1 rings (SSSR count). The Kier molecular flexibility index (Phi) is 5.69. The zero-order valence-corrected chi connectivity index (χ0v) is 10.9. The van der Waals surface area contributed by atoms with Crippen molar-refractivity contribution in [3.63, 3.8) is 0 Å². The summed E-state index contributed by atoms with van der Waals surface area (Å²) in [7, 11) is 0. The second-order valence-electron chi connectivity index (χ2n) is 3.86. The highest BCUT2D eigenvalue weighted by Crippen LogP contribution is 2.15. The second kappa shape index (κ2) is 7.06. The standard InChI is InChI=1S/C12H22N4O/c1-4-8-17-11-9-10(3)14-12(15-11)16(5-2)7-6-13/h9H,4-8,13H2,1-3H3. The first-order valence-corrected chi connectivity index (χ1v) is 6.14. The molecule has 2 N–H and O–H groups in total. The molecule has 0 aliphatic rings. The number of aromatic nitrogens is 2. The number of nitrogens with zero attached hydrogens (tertiary/aromatic N) is 3. The number of likely N-dealkylation sites (N-methyl/N-ethyl adjacent to an activating group) is 1. The average Bonchev–Trinajstić information content (AvgIpc) is 2.32. The molecule has 0 saturated heterocycles. The molecule has 96 valence electrons. The fraction of sp³-hybridized carbons (Fsp3) is 0.667. The highest BCUT2D eigenvalue weighted by atomic mass is 16.5. The minimum atomic E-state index is 0.594. The van der Waals surface area contributed by atoms with Crippen LogP contribution in [0.2, 0.25) is 0 Å². The lowest BCUT2D eigenvalue weighted by Gasteiger charge is -2.20. The summed E-state index contributed by atoms with van der Waals surface area (Å²) in [6.07, 6.45) is 0.971. The lowest BCUT2D eigenvalue weighted by Crippen LogP contribution is -2.30. The third kappa shape index (κ3) is 4.19. The minimum absolute atomic E-state index is 0.594. The quantitative estimate of drug-likeness (QED) is 0.777. The van der Waals surface area contributed by atoms with Crippen molar-refractivity contribution in [1.29, 1.82) is 0 Å². The van der Waals surface area contributed by atoms with E-state index in [0.29, 0.717) is 25.0 Å². The van der Waals surface area contributed by atoms with Crippen LogP contribution in [0.5, 0.6) is 5.88 Å². The van der Waals surface area contributed by atoms with Gasteiger partial charge in [-0.3, -0.25) is 0 Å². The molecule has 0 aliphatic carbocycles. The molecule has 0 unspecified atom stereocenters. The zero-order valence-electron chi connectivity index (χ0n) is 10.9. The van der Waals surface area contributed by atoms with Gasteiger partial charge in [0.15, 0.2) is 0 Å². The van der Waals surface area contributed by atoms with Gasteiger partial charge in [0.25, 0.3) is 0 Å². The molecule has 17 heavy (non-hydrogen) atoms. The van der Waals surface area contributed by atoms with E-state index < -0.39 is 0 Å². The van der Waals surface area contributed by atoms with Gasteiger partial charge in [-0.05, 0) is 20.3 Å². The van der Waals surface area contributed by atoms with Crippen molar-refractivity contribution in [2.24, 2.45) is 5.73 Å². The predicted octanol–water partition coefficient (Wildman–Crippen LogP) is 1.36. The van der Waals surface area contributed by atoms with Gasteiger partial charge in [-0.15, -0.1) is 0 Å². The van der Waals surface area contributed by atoms with Crippen molar-refractivity contribution in [1.82, 2.24) is 9.97 Å². The molecule has 1 heterocycles. The topological polar surface area (TPSA) is 64.3 Å². The summed E-state index contributed by atoms with van der Waals surface area (Å²) in [6, 6.07) is 1.86. The molecule has 0 spiro atoms. The normalized spacial score (nSPS) is 10.4. The number of anilines is 1. The Hall–Kier alpha value is -1.36. The first-order valence-electron chi connectivity index (χ1n) is 6.14. The van der Waals surface area contributed by atoms with Crippen LogP contribution in [0.4, 0.5) is 5.95 Å². The van der Waals surface area contributed by atoms with E-state index in [1.165, 1.54) is 0 Å². The van der Waals surface area contributed by atoms with Gasteiger partial charge in [0.2, 0.25) is 11.8 Å². The molecule has 0 aromatic carbocycles. The van der Waals surface area contributed by atoms with Gasteiger partial charge in [0, 0.05) is 31.4 Å². The summed E-state index contributed by atoms with van der Waals surface area (Å²) in [6.45, 7) is 8.95. The van der Waals surface area contributed by atoms with Crippen LogP contribution < -0.4 is 15.4 Å². The maximum absolute atomic E-state index is 5.57. The number of ether oxygens (including phenoxy) is 1. The molecule has 5 heteroatoms. The Labute approximate surface area is 103 Å². The van der Waals surface area contributed by atoms with E-state index in [-0.39, 0.29) is 0 Å². The number of rotatable bonds is 7. The van der Waals surface area contributed by atoms with Crippen LogP contribution in [0.1, 0.15) is 26.0 Å². The number of nitrogens with two attached hydrogens (primary N) is 1. The Bertz CT molecular complexity index is 343. The van der Waals surface area contributed by atoms with Crippen molar-refractivity contribution in [2.45, 2.75) is 27.2 Å². The average molecular weight is 238 g/mol. The Balaban J connectivity index is 2.86. The maximum Gasteiger partial charge on any atom is 0.228 e. The highest BCUT2D eigenvalue weighted by Gasteiger charge is 2.09. The summed E-state index contributed by atoms with van der Waals surface area (Å²) < 4.78 is 5.54. The van der Waals surface area contributed by atoms with Crippen LogP contribution in [-0.2, 0) is 0 Å². The van der Waals surface area contributed by atoms with E-state index in [1.54, 1.807) is 0 Å². The highest BCUT2D eigenvalue weighted by molar-refractivity contribution is 5.34. The van der Waals surface area contributed by atoms with E-state index >= 15 is 0 Å². The summed E-state index contributed by atoms with van der Waals surface area (Å²) >= 11 is 0. The molecule has 1 aromatic heterocycles. The van der Waals surface area contributed by atoms with Crippen LogP contribution in [-0.4, -0.2) is 36.2 Å². The molecular formula is C12H22N4O. The summed E-state index contributed by atoms with van der Waals surface area (Å²) in [5.74, 6) is 1.34. The van der Waals surface area contributed by atoms with E-state index in [4.69, 9.17) is 10.5 Å². The van der Waals surface area contributed by atoms with Gasteiger partial charge < -0.3 is 15.4 Å². The molecule has 5 nitrogen and oxygen atoms in total. The molecular weight excluding hydrogens is 216 g/mol. The predicted molar refractivity (Wildman–Crippen MR) is 69.5 cm³/mol. The van der Waals surface area contributed by atoms with Gasteiger partial charge in [0.1, 0.15) is 0 Å². The van der Waals surface area contributed by atoms with Crippen molar-refractivity contribution >= 4 is 5.95 Å². The third-order valence-corrected chi connectivity index (χ3v) is 2.34. The molecule has 0 aliphatic heterocycles. The van der Waals surface area contributed by atoms with Crippen molar-refractivity contribution in [3.05, 3.63) is 11.8 Å². The molecule has 0 fully saturated rings. The SMILES string of the molecule is CCCOc1cc(C)nc(N(CC)CCN)n1. The Morgan fingerprint density at radius 3 is 2.71 bits per heavy atom. The molecule has 0 amide bonds. The van der Waals surface area contributed by atoms with Crippen LogP contribution in [0, 0.1) is 6.92 Å². The van der Waals surface area contributed by atoms with Crippen LogP contribution in [0.25, 0.3) is 0 Å². The summed E-state index contributed by atoms with van der Waals surface area (Å²) in [5.41, 5.74) is 6.48. The number of hydrogen-bond acceptors (Lipinski definition) is 5. The number of aryl methyl sites for hydroxylation is 1. The van der Waals surface area contributed by atoms with Crippen molar-refractivity contribution in [2.75, 3.05) is 31.1 Å². The minimum Gasteiger partial charge on any atom is -0.478 e. The van der Waals surface area contributed by atoms with Crippen molar-refractivity contribution in [3.8, 4) is 5.88 Å². The molecule has 0 atom stereocenters. The van der Waals surface area contributed by atoms with E-state index in [0.717, 1.165) is 25.2 Å². The lowest BCUT2D eigenvalue weighted by atomic mass is 10.4.